The van der Waals surface area contributed by atoms with Gasteiger partial charge in [0.25, 0.3) is 0 Å². The van der Waals surface area contributed by atoms with Crippen molar-refractivity contribution in [2.45, 2.75) is 24.9 Å². The average Bonchev–Trinajstić information content (AvgIpc) is 1.80. The minimum Gasteiger partial charge on any atom is -0.390 e. The first-order valence-electron chi connectivity index (χ1n) is 2.86. The fraction of sp³-hybridized carbons (Fsp3) is 1.00. The van der Waals surface area contributed by atoms with E-state index in [1.54, 1.807) is 0 Å². The summed E-state index contributed by atoms with van der Waals surface area (Å²) in [6, 6.07) is 0. The molecule has 0 bridgehead atoms. The molecule has 1 saturated heterocycles. The topological polar surface area (TPSA) is 69.9 Å². The maximum Gasteiger partial charge on any atom is 0.157 e. The standard InChI is InChI=1S/C5H10O4.3Ac/c6-3-1-5(8)9-2-4(3)7;;;/h3-8H,1-2H2;;;/t3-,4+,5?;;;/m1.../s1. The van der Waals surface area contributed by atoms with Gasteiger partial charge in [-0.05, 0) is 0 Å². The van der Waals surface area contributed by atoms with E-state index in [1.807, 2.05) is 0 Å². The van der Waals surface area contributed by atoms with Gasteiger partial charge in [0.2, 0.25) is 0 Å². The van der Waals surface area contributed by atoms with Crippen molar-refractivity contribution in [3.8, 4) is 0 Å². The predicted molar refractivity (Wildman–Crippen MR) is 28.6 cm³/mol. The van der Waals surface area contributed by atoms with E-state index in [-0.39, 0.29) is 145 Å². The SMILES string of the molecule is OC1C[C@@H](O)[C@@H](O)CO1.[Ac].[Ac].[Ac]. The van der Waals surface area contributed by atoms with Crippen LogP contribution < -0.4 is 0 Å². The first-order valence-corrected chi connectivity index (χ1v) is 2.86. The Hall–Kier alpha value is 4.16. The van der Waals surface area contributed by atoms with Gasteiger partial charge in [-0.2, -0.15) is 0 Å². The van der Waals surface area contributed by atoms with Crippen molar-refractivity contribution < 1.29 is 152 Å². The quantitative estimate of drug-likeness (QED) is 0.278. The summed E-state index contributed by atoms with van der Waals surface area (Å²) in [5, 5.41) is 26.4. The molecule has 0 aromatic carbocycles. The maximum absolute atomic E-state index is 8.86. The Balaban J connectivity index is -0.000000270. The summed E-state index contributed by atoms with van der Waals surface area (Å²) in [4.78, 5) is 0. The molecule has 3 radical (unpaired) electrons. The number of hydrogen-bond acceptors (Lipinski definition) is 4. The Labute approximate surface area is 179 Å². The molecule has 1 aliphatic rings. The molecule has 1 fully saturated rings. The molecular weight excluding hydrogens is 805 g/mol. The van der Waals surface area contributed by atoms with Gasteiger partial charge in [0.05, 0.1) is 12.7 Å². The van der Waals surface area contributed by atoms with Crippen LogP contribution in [-0.2, 0) is 4.74 Å². The van der Waals surface area contributed by atoms with Gasteiger partial charge in [0.15, 0.2) is 6.29 Å². The number of aliphatic hydroxyl groups is 3. The van der Waals surface area contributed by atoms with Gasteiger partial charge in [-0.1, -0.05) is 0 Å². The van der Waals surface area contributed by atoms with E-state index in [1.165, 1.54) is 0 Å². The third-order valence-corrected chi connectivity index (χ3v) is 1.35. The van der Waals surface area contributed by atoms with Crippen LogP contribution in [0.5, 0.6) is 0 Å². The number of rotatable bonds is 0. The summed E-state index contributed by atoms with van der Waals surface area (Å²) in [5.41, 5.74) is 0. The summed E-state index contributed by atoms with van der Waals surface area (Å²) in [5.74, 6) is 0. The van der Waals surface area contributed by atoms with Gasteiger partial charge < -0.3 is 20.1 Å². The number of hydrogen-bond donors (Lipinski definition) is 3. The molecule has 1 unspecified atom stereocenters. The fourth-order valence-corrected chi connectivity index (χ4v) is 0.752. The van der Waals surface area contributed by atoms with E-state index in [2.05, 4.69) is 4.74 Å². The summed E-state index contributed by atoms with van der Waals surface area (Å²) >= 11 is 0. The van der Waals surface area contributed by atoms with Crippen molar-refractivity contribution in [2.24, 2.45) is 0 Å². The third kappa shape index (κ3) is 8.33. The van der Waals surface area contributed by atoms with Gasteiger partial charge in [0, 0.05) is 139 Å². The molecule has 0 amide bonds. The van der Waals surface area contributed by atoms with Crippen LogP contribution >= 0.6 is 0 Å². The third-order valence-electron chi connectivity index (χ3n) is 1.35. The van der Waals surface area contributed by atoms with Gasteiger partial charge in [-0.15, -0.1) is 0 Å². The molecule has 0 saturated carbocycles. The fourth-order valence-electron chi connectivity index (χ4n) is 0.752. The van der Waals surface area contributed by atoms with Crippen LogP contribution in [0.25, 0.3) is 0 Å². The van der Waals surface area contributed by atoms with Crippen molar-refractivity contribution in [3.05, 3.63) is 0 Å². The Kier molecular flexibility index (Phi) is 20.8. The van der Waals surface area contributed by atoms with Crippen LogP contribution in [0.4, 0.5) is 0 Å². The molecule has 0 aliphatic carbocycles. The van der Waals surface area contributed by atoms with Crippen molar-refractivity contribution in [1.82, 2.24) is 0 Å². The summed E-state index contributed by atoms with van der Waals surface area (Å²) in [6.45, 7) is 0.0162. The molecule has 12 heavy (non-hydrogen) atoms. The molecule has 0 spiro atoms. The van der Waals surface area contributed by atoms with Crippen molar-refractivity contribution >= 4 is 0 Å². The van der Waals surface area contributed by atoms with E-state index in [4.69, 9.17) is 15.3 Å². The Morgan fingerprint density at radius 3 is 1.75 bits per heavy atom. The van der Waals surface area contributed by atoms with Crippen LogP contribution in [0.2, 0.25) is 0 Å². The average molecular weight is 815 g/mol. The molecule has 3 N–H and O–H groups in total. The molecule has 0 aromatic heterocycles. The normalized spacial score (nSPS) is 33.8. The molecule has 3 atom stereocenters. The minimum atomic E-state index is -0.914. The van der Waals surface area contributed by atoms with E-state index >= 15 is 0 Å². The van der Waals surface area contributed by atoms with Gasteiger partial charge >= 0.3 is 0 Å². The maximum atomic E-state index is 8.86. The van der Waals surface area contributed by atoms with Crippen molar-refractivity contribution in [2.75, 3.05) is 6.61 Å². The summed E-state index contributed by atoms with van der Waals surface area (Å²) in [7, 11) is 0. The zero-order valence-corrected chi connectivity index (χ0v) is 20.9. The molecule has 4 nitrogen and oxygen atoms in total. The second-order valence-corrected chi connectivity index (χ2v) is 2.16. The van der Waals surface area contributed by atoms with Crippen LogP contribution in [0.15, 0.2) is 0 Å². The van der Waals surface area contributed by atoms with E-state index < -0.39 is 18.5 Å². The van der Waals surface area contributed by atoms with Crippen LogP contribution in [0, 0.1) is 132 Å². The molecular formula is C5H10Ac3O4. The van der Waals surface area contributed by atoms with Crippen LogP contribution in [0.1, 0.15) is 6.42 Å². The second kappa shape index (κ2) is 11.6. The van der Waals surface area contributed by atoms with Gasteiger partial charge in [-0.3, -0.25) is 0 Å². The smallest absolute Gasteiger partial charge is 0.157 e. The van der Waals surface area contributed by atoms with Gasteiger partial charge in [-0.25, -0.2) is 0 Å². The molecule has 1 heterocycles. The van der Waals surface area contributed by atoms with Crippen LogP contribution in [-0.4, -0.2) is 40.4 Å². The minimum absolute atomic E-state index is 0. The summed E-state index contributed by atoms with van der Waals surface area (Å²) in [6.07, 6.45) is -2.49. The Bertz CT molecular complexity index is 105. The summed E-state index contributed by atoms with van der Waals surface area (Å²) < 4.78 is 4.61. The molecule has 7 heteroatoms. The predicted octanol–water partition coefficient (Wildman–Crippen LogP) is -1.55. The van der Waals surface area contributed by atoms with Gasteiger partial charge in [0.1, 0.15) is 6.10 Å². The van der Waals surface area contributed by atoms with E-state index in [9.17, 15) is 0 Å². The zero-order chi connectivity index (χ0) is 6.85. The monoisotopic (exact) mass is 815 g/mol. The molecule has 1 rings (SSSR count). The zero-order valence-electron chi connectivity index (χ0n) is 6.63. The Morgan fingerprint density at radius 1 is 0.917 bits per heavy atom. The molecule has 1 aliphatic heterocycles. The largest absolute Gasteiger partial charge is 0.390 e. The first kappa shape index (κ1) is 21.4. The Morgan fingerprint density at radius 2 is 1.42 bits per heavy atom. The van der Waals surface area contributed by atoms with Crippen LogP contribution in [0.3, 0.4) is 0 Å². The number of ether oxygens (including phenoxy) is 1. The molecule has 63 valence electrons. The van der Waals surface area contributed by atoms with E-state index in [0.717, 1.165) is 0 Å². The first-order chi connectivity index (χ1) is 4.20. The molecule has 0 aromatic rings. The number of aliphatic hydroxyl groups excluding tert-OH is 3. The van der Waals surface area contributed by atoms with Crippen molar-refractivity contribution in [1.29, 1.82) is 0 Å². The van der Waals surface area contributed by atoms with Crippen molar-refractivity contribution in [3.63, 3.8) is 0 Å². The van der Waals surface area contributed by atoms with E-state index in [0.29, 0.717) is 0 Å². The second-order valence-electron chi connectivity index (χ2n) is 2.16.